The Bertz CT molecular complexity index is 363. The number of hydrogen-bond donors (Lipinski definition) is 1. The molecule has 0 aliphatic heterocycles. The first-order chi connectivity index (χ1) is 7.13. The maximum atomic E-state index is 8.62. The lowest BCUT2D eigenvalue weighted by atomic mass is 10.1. The number of aryl methyl sites for hydroxylation is 2. The number of rotatable bonds is 4. The van der Waals surface area contributed by atoms with E-state index >= 15 is 0 Å². The van der Waals surface area contributed by atoms with Crippen LogP contribution in [0.1, 0.15) is 23.6 Å². The Morgan fingerprint density at radius 1 is 1.33 bits per heavy atom. The van der Waals surface area contributed by atoms with E-state index < -0.39 is 0 Å². The fourth-order valence-electron chi connectivity index (χ4n) is 1.39. The van der Waals surface area contributed by atoms with Crippen molar-refractivity contribution in [2.24, 2.45) is 5.92 Å². The van der Waals surface area contributed by atoms with Crippen molar-refractivity contribution in [1.29, 1.82) is 5.26 Å². The molecule has 0 aliphatic carbocycles. The van der Waals surface area contributed by atoms with Crippen LogP contribution in [-0.4, -0.2) is 6.54 Å². The van der Waals surface area contributed by atoms with Gasteiger partial charge in [-0.05, 0) is 37.5 Å². The summed E-state index contributed by atoms with van der Waals surface area (Å²) < 4.78 is 0. The number of benzene rings is 1. The summed E-state index contributed by atoms with van der Waals surface area (Å²) >= 11 is 0. The van der Waals surface area contributed by atoms with Crippen LogP contribution in [0.15, 0.2) is 18.2 Å². The number of nitrogens with zero attached hydrogens (tertiary/aromatic N) is 1. The first kappa shape index (κ1) is 11.7. The maximum Gasteiger partial charge on any atom is 0.0666 e. The Balaban J connectivity index is 2.45. The van der Waals surface area contributed by atoms with Gasteiger partial charge in [0, 0.05) is 13.1 Å². The molecule has 0 aliphatic rings. The Kier molecular flexibility index (Phi) is 4.33. The highest BCUT2D eigenvalue weighted by atomic mass is 14.9. The van der Waals surface area contributed by atoms with Gasteiger partial charge < -0.3 is 5.32 Å². The largest absolute Gasteiger partial charge is 0.311 e. The lowest BCUT2D eigenvalue weighted by Gasteiger charge is -2.07. The molecule has 0 fully saturated rings. The van der Waals surface area contributed by atoms with Crippen LogP contribution in [0.4, 0.5) is 0 Å². The molecule has 0 radical (unpaired) electrons. The van der Waals surface area contributed by atoms with Crippen LogP contribution in [0, 0.1) is 31.1 Å². The lowest BCUT2D eigenvalue weighted by Crippen LogP contribution is -2.19. The monoisotopic (exact) mass is 202 g/mol. The maximum absolute atomic E-state index is 8.62. The Morgan fingerprint density at radius 3 is 2.67 bits per heavy atom. The molecule has 0 heterocycles. The molecule has 15 heavy (non-hydrogen) atoms. The van der Waals surface area contributed by atoms with E-state index in [9.17, 15) is 0 Å². The molecular weight excluding hydrogens is 184 g/mol. The summed E-state index contributed by atoms with van der Waals surface area (Å²) in [5.41, 5.74) is 3.93. The average molecular weight is 202 g/mol. The zero-order valence-electron chi connectivity index (χ0n) is 9.67. The Morgan fingerprint density at radius 2 is 2.07 bits per heavy atom. The minimum atomic E-state index is 0.0801. The molecular formula is C13H18N2. The first-order valence-corrected chi connectivity index (χ1v) is 5.30. The second kappa shape index (κ2) is 5.53. The summed E-state index contributed by atoms with van der Waals surface area (Å²) in [5, 5.41) is 11.9. The lowest BCUT2D eigenvalue weighted by molar-refractivity contribution is 0.601. The van der Waals surface area contributed by atoms with Gasteiger partial charge in [-0.2, -0.15) is 5.26 Å². The van der Waals surface area contributed by atoms with Crippen LogP contribution >= 0.6 is 0 Å². The second-order valence-electron chi connectivity index (χ2n) is 4.08. The molecule has 0 aromatic heterocycles. The van der Waals surface area contributed by atoms with Gasteiger partial charge in [0.1, 0.15) is 0 Å². The highest BCUT2D eigenvalue weighted by Gasteiger charge is 1.99. The third kappa shape index (κ3) is 3.73. The zero-order valence-corrected chi connectivity index (χ0v) is 9.67. The smallest absolute Gasteiger partial charge is 0.0666 e. The van der Waals surface area contributed by atoms with Gasteiger partial charge in [0.05, 0.1) is 12.0 Å². The van der Waals surface area contributed by atoms with Gasteiger partial charge >= 0.3 is 0 Å². The molecule has 1 rings (SSSR count). The molecule has 1 aromatic rings. The predicted molar refractivity (Wildman–Crippen MR) is 62.4 cm³/mol. The van der Waals surface area contributed by atoms with Crippen molar-refractivity contribution in [1.82, 2.24) is 5.32 Å². The summed E-state index contributed by atoms with van der Waals surface area (Å²) in [4.78, 5) is 0. The van der Waals surface area contributed by atoms with Crippen molar-refractivity contribution in [3.8, 4) is 6.07 Å². The van der Waals surface area contributed by atoms with Crippen LogP contribution in [-0.2, 0) is 6.54 Å². The minimum Gasteiger partial charge on any atom is -0.311 e. The quantitative estimate of drug-likeness (QED) is 0.814. The van der Waals surface area contributed by atoms with Crippen LogP contribution in [0.5, 0.6) is 0 Å². The number of nitriles is 1. The van der Waals surface area contributed by atoms with Crippen LogP contribution in [0.25, 0.3) is 0 Å². The van der Waals surface area contributed by atoms with Crippen LogP contribution in [0.3, 0.4) is 0 Å². The summed E-state index contributed by atoms with van der Waals surface area (Å²) in [5.74, 6) is 0.0801. The van der Waals surface area contributed by atoms with Gasteiger partial charge in [-0.1, -0.05) is 18.2 Å². The molecule has 0 bridgehead atoms. The van der Waals surface area contributed by atoms with Gasteiger partial charge in [0.25, 0.3) is 0 Å². The van der Waals surface area contributed by atoms with Gasteiger partial charge in [0.15, 0.2) is 0 Å². The van der Waals surface area contributed by atoms with E-state index in [1.165, 1.54) is 16.7 Å². The van der Waals surface area contributed by atoms with E-state index in [0.29, 0.717) is 0 Å². The summed E-state index contributed by atoms with van der Waals surface area (Å²) in [7, 11) is 0. The minimum absolute atomic E-state index is 0.0801. The zero-order chi connectivity index (χ0) is 11.3. The molecule has 2 nitrogen and oxygen atoms in total. The van der Waals surface area contributed by atoms with Crippen molar-refractivity contribution in [2.75, 3.05) is 6.54 Å². The van der Waals surface area contributed by atoms with Crippen molar-refractivity contribution in [3.63, 3.8) is 0 Å². The number of nitrogens with one attached hydrogen (secondary N) is 1. The SMILES string of the molecule is Cc1ccc(CNCC(C)C#N)cc1C. The van der Waals surface area contributed by atoms with Gasteiger partial charge in [-0.3, -0.25) is 0 Å². The molecule has 1 N–H and O–H groups in total. The molecule has 1 atom stereocenters. The molecule has 0 spiro atoms. The topological polar surface area (TPSA) is 35.8 Å². The van der Waals surface area contributed by atoms with E-state index in [1.54, 1.807) is 0 Å². The van der Waals surface area contributed by atoms with Gasteiger partial charge in [-0.15, -0.1) is 0 Å². The molecule has 80 valence electrons. The normalized spacial score (nSPS) is 12.1. The standard InChI is InChI=1S/C13H18N2/c1-10(7-14)8-15-9-13-5-4-11(2)12(3)6-13/h4-6,10,15H,8-9H2,1-3H3. The molecule has 1 unspecified atom stereocenters. The summed E-state index contributed by atoms with van der Waals surface area (Å²) in [6.45, 7) is 7.75. The molecule has 0 saturated heterocycles. The summed E-state index contributed by atoms with van der Waals surface area (Å²) in [6, 6.07) is 8.67. The number of hydrogen-bond acceptors (Lipinski definition) is 2. The molecule has 2 heteroatoms. The van der Waals surface area contributed by atoms with Crippen molar-refractivity contribution >= 4 is 0 Å². The molecule has 1 aromatic carbocycles. The van der Waals surface area contributed by atoms with E-state index in [1.807, 2.05) is 6.92 Å². The fraction of sp³-hybridized carbons (Fsp3) is 0.462. The molecule has 0 amide bonds. The third-order valence-corrected chi connectivity index (χ3v) is 2.57. The van der Waals surface area contributed by atoms with Crippen LogP contribution < -0.4 is 5.32 Å². The van der Waals surface area contributed by atoms with Crippen LogP contribution in [0.2, 0.25) is 0 Å². The second-order valence-corrected chi connectivity index (χ2v) is 4.08. The highest BCUT2D eigenvalue weighted by Crippen LogP contribution is 2.09. The Hall–Kier alpha value is -1.33. The summed E-state index contributed by atoms with van der Waals surface area (Å²) in [6.07, 6.45) is 0. The molecule has 0 saturated carbocycles. The van der Waals surface area contributed by atoms with Gasteiger partial charge in [-0.25, -0.2) is 0 Å². The van der Waals surface area contributed by atoms with E-state index in [-0.39, 0.29) is 5.92 Å². The first-order valence-electron chi connectivity index (χ1n) is 5.30. The van der Waals surface area contributed by atoms with E-state index in [4.69, 9.17) is 5.26 Å². The highest BCUT2D eigenvalue weighted by molar-refractivity contribution is 5.29. The predicted octanol–water partition coefficient (Wildman–Crippen LogP) is 2.55. The van der Waals surface area contributed by atoms with Crippen molar-refractivity contribution < 1.29 is 0 Å². The van der Waals surface area contributed by atoms with Crippen molar-refractivity contribution in [2.45, 2.75) is 27.3 Å². The van der Waals surface area contributed by atoms with E-state index in [2.05, 4.69) is 43.4 Å². The fourth-order valence-corrected chi connectivity index (χ4v) is 1.39. The van der Waals surface area contributed by atoms with Gasteiger partial charge in [0.2, 0.25) is 0 Å². The van der Waals surface area contributed by atoms with E-state index in [0.717, 1.165) is 13.1 Å². The third-order valence-electron chi connectivity index (χ3n) is 2.57. The van der Waals surface area contributed by atoms with Crippen molar-refractivity contribution in [3.05, 3.63) is 34.9 Å². The Labute approximate surface area is 91.9 Å². The average Bonchev–Trinajstić information content (AvgIpc) is 2.23.